The van der Waals surface area contributed by atoms with Crippen molar-refractivity contribution in [2.24, 2.45) is 0 Å². The van der Waals surface area contributed by atoms with E-state index in [4.69, 9.17) is 4.98 Å². The molecule has 1 aliphatic carbocycles. The van der Waals surface area contributed by atoms with Gasteiger partial charge in [-0.25, -0.2) is 4.98 Å². The Morgan fingerprint density at radius 2 is 1.94 bits per heavy atom. The number of aromatic amines is 1. The maximum Gasteiger partial charge on any atom is 0.270 e. The third kappa shape index (κ3) is 3.80. The van der Waals surface area contributed by atoms with Crippen molar-refractivity contribution in [1.29, 1.82) is 5.26 Å². The molecule has 0 spiro atoms. The molecule has 0 unspecified atom stereocenters. The van der Waals surface area contributed by atoms with Gasteiger partial charge in [-0.3, -0.25) is 9.36 Å². The summed E-state index contributed by atoms with van der Waals surface area (Å²) in [6, 6.07) is 10.0. The van der Waals surface area contributed by atoms with Gasteiger partial charge in [0.25, 0.3) is 5.56 Å². The second-order valence-electron chi connectivity index (χ2n) is 9.57. The fraction of sp³-hybridized carbons (Fsp3) is 0.385. The monoisotopic (exact) mass is 468 g/mol. The quantitative estimate of drug-likeness (QED) is 0.470. The molecule has 1 aliphatic heterocycles. The largest absolute Gasteiger partial charge is 0.368 e. The molecule has 0 bridgehead atoms. The minimum Gasteiger partial charge on any atom is -0.368 e. The second kappa shape index (κ2) is 8.71. The van der Waals surface area contributed by atoms with Crippen LogP contribution in [0.4, 0.5) is 17.3 Å². The van der Waals surface area contributed by atoms with Crippen molar-refractivity contribution in [3.63, 3.8) is 0 Å². The van der Waals surface area contributed by atoms with Crippen molar-refractivity contribution in [2.45, 2.75) is 31.7 Å². The molecule has 1 saturated heterocycles. The van der Waals surface area contributed by atoms with E-state index in [0.29, 0.717) is 17.0 Å². The van der Waals surface area contributed by atoms with E-state index in [1.54, 1.807) is 16.8 Å². The zero-order valence-corrected chi connectivity index (χ0v) is 19.8. The summed E-state index contributed by atoms with van der Waals surface area (Å²) in [5, 5.41) is 14.7. The molecular formula is C26H28N8O. The molecule has 0 amide bonds. The molecule has 2 fully saturated rings. The lowest BCUT2D eigenvalue weighted by Gasteiger charge is -2.34. The van der Waals surface area contributed by atoms with E-state index in [2.05, 4.69) is 50.3 Å². The number of likely N-dealkylation sites (N-methyl/N-ethyl adjacent to an activating group) is 1. The topological polar surface area (TPSA) is 106 Å². The van der Waals surface area contributed by atoms with E-state index in [1.807, 2.05) is 12.3 Å². The SMILES string of the molecule is CN1CCN(c2ccc(Nc3ncc4cc(C#N)c(=O)n(C5CCCC5)c4n3)c3[nH]ccc23)CC1. The molecule has 178 valence electrons. The number of nitrogens with zero attached hydrogens (tertiary/aromatic N) is 6. The van der Waals surface area contributed by atoms with Crippen molar-refractivity contribution < 1.29 is 0 Å². The van der Waals surface area contributed by atoms with E-state index in [1.165, 1.54) is 5.69 Å². The van der Waals surface area contributed by atoms with Gasteiger partial charge in [-0.2, -0.15) is 10.2 Å². The van der Waals surface area contributed by atoms with Crippen molar-refractivity contribution >= 4 is 39.3 Å². The zero-order valence-electron chi connectivity index (χ0n) is 19.8. The summed E-state index contributed by atoms with van der Waals surface area (Å²) >= 11 is 0. The second-order valence-corrected chi connectivity index (χ2v) is 9.57. The number of aromatic nitrogens is 4. The van der Waals surface area contributed by atoms with Gasteiger partial charge in [-0.05, 0) is 44.2 Å². The van der Waals surface area contributed by atoms with Crippen molar-refractivity contribution in [3.8, 4) is 6.07 Å². The maximum atomic E-state index is 13.1. The Morgan fingerprint density at radius 3 is 2.71 bits per heavy atom. The minimum absolute atomic E-state index is 0.0686. The number of fused-ring (bicyclic) bond motifs is 2. The molecule has 35 heavy (non-hydrogen) atoms. The number of hydrogen-bond donors (Lipinski definition) is 2. The van der Waals surface area contributed by atoms with Crippen LogP contribution in [0.15, 0.2) is 41.5 Å². The zero-order chi connectivity index (χ0) is 23.9. The van der Waals surface area contributed by atoms with Crippen molar-refractivity contribution in [3.05, 3.63) is 52.6 Å². The number of piperazine rings is 1. The van der Waals surface area contributed by atoms with Crippen LogP contribution in [0.5, 0.6) is 0 Å². The molecule has 2 aliphatic rings. The number of anilines is 3. The van der Waals surface area contributed by atoms with E-state index in [0.717, 1.165) is 68.5 Å². The van der Waals surface area contributed by atoms with Gasteiger partial charge in [0.2, 0.25) is 5.95 Å². The fourth-order valence-electron chi connectivity index (χ4n) is 5.45. The summed E-state index contributed by atoms with van der Waals surface area (Å²) in [5.41, 5.74) is 3.55. The van der Waals surface area contributed by atoms with Crippen LogP contribution in [0.2, 0.25) is 0 Å². The Bertz CT molecular complexity index is 1500. The molecule has 1 aromatic carbocycles. The first-order valence-corrected chi connectivity index (χ1v) is 12.3. The predicted octanol–water partition coefficient (Wildman–Crippen LogP) is 3.75. The van der Waals surface area contributed by atoms with Crippen molar-refractivity contribution in [2.75, 3.05) is 43.4 Å². The average Bonchev–Trinajstić information content (AvgIpc) is 3.57. The third-order valence-electron chi connectivity index (χ3n) is 7.37. The first kappa shape index (κ1) is 21.6. The lowest BCUT2D eigenvalue weighted by Crippen LogP contribution is -2.44. The molecule has 0 atom stereocenters. The van der Waals surface area contributed by atoms with Crippen LogP contribution in [-0.2, 0) is 0 Å². The Morgan fingerprint density at radius 1 is 1.14 bits per heavy atom. The van der Waals surface area contributed by atoms with Gasteiger partial charge in [-0.1, -0.05) is 12.8 Å². The van der Waals surface area contributed by atoms with Crippen LogP contribution < -0.4 is 15.8 Å². The van der Waals surface area contributed by atoms with Gasteiger partial charge in [0, 0.05) is 61.1 Å². The predicted molar refractivity (Wildman–Crippen MR) is 137 cm³/mol. The highest BCUT2D eigenvalue weighted by molar-refractivity contribution is 6.01. The Labute approximate surface area is 203 Å². The van der Waals surface area contributed by atoms with Gasteiger partial charge in [0.15, 0.2) is 0 Å². The molecule has 4 aromatic rings. The van der Waals surface area contributed by atoms with E-state index in [9.17, 15) is 10.1 Å². The molecule has 3 aromatic heterocycles. The summed E-state index contributed by atoms with van der Waals surface area (Å²) in [5.74, 6) is 0.427. The molecule has 1 saturated carbocycles. The highest BCUT2D eigenvalue weighted by Gasteiger charge is 2.23. The lowest BCUT2D eigenvalue weighted by atomic mass is 10.1. The van der Waals surface area contributed by atoms with Crippen LogP contribution >= 0.6 is 0 Å². The Balaban J connectivity index is 1.39. The highest BCUT2D eigenvalue weighted by Crippen LogP contribution is 2.34. The van der Waals surface area contributed by atoms with Crippen LogP contribution in [0.25, 0.3) is 21.9 Å². The summed E-state index contributed by atoms with van der Waals surface area (Å²) in [6.07, 6.45) is 7.66. The Kier molecular flexibility index (Phi) is 5.38. The van der Waals surface area contributed by atoms with E-state index in [-0.39, 0.29) is 17.2 Å². The van der Waals surface area contributed by atoms with Crippen LogP contribution in [0.3, 0.4) is 0 Å². The smallest absolute Gasteiger partial charge is 0.270 e. The van der Waals surface area contributed by atoms with Gasteiger partial charge in [-0.15, -0.1) is 0 Å². The number of H-pyrrole nitrogens is 1. The van der Waals surface area contributed by atoms with E-state index < -0.39 is 0 Å². The van der Waals surface area contributed by atoms with Gasteiger partial charge in [0.1, 0.15) is 17.3 Å². The molecule has 9 heteroatoms. The van der Waals surface area contributed by atoms with Gasteiger partial charge >= 0.3 is 0 Å². The van der Waals surface area contributed by atoms with E-state index >= 15 is 0 Å². The number of hydrogen-bond acceptors (Lipinski definition) is 7. The molecule has 2 N–H and O–H groups in total. The summed E-state index contributed by atoms with van der Waals surface area (Å²) in [6.45, 7) is 4.10. The number of nitrogens with one attached hydrogen (secondary N) is 2. The fourth-order valence-corrected chi connectivity index (χ4v) is 5.45. The van der Waals surface area contributed by atoms with Crippen molar-refractivity contribution in [1.82, 2.24) is 24.4 Å². The third-order valence-corrected chi connectivity index (χ3v) is 7.37. The highest BCUT2D eigenvalue weighted by atomic mass is 16.1. The van der Waals surface area contributed by atoms with Crippen LogP contribution in [0, 0.1) is 11.3 Å². The Hall–Kier alpha value is -3.90. The average molecular weight is 469 g/mol. The molecule has 6 rings (SSSR count). The van der Waals surface area contributed by atoms with Gasteiger partial charge in [0.05, 0.1) is 11.2 Å². The van der Waals surface area contributed by atoms with Crippen LogP contribution in [-0.4, -0.2) is 57.6 Å². The summed E-state index contributed by atoms with van der Waals surface area (Å²) in [7, 11) is 2.16. The minimum atomic E-state index is -0.264. The molecular weight excluding hydrogens is 440 g/mol. The standard InChI is InChI=1S/C26H28N8O/c1-32-10-12-33(13-11-32)22-7-6-21(23-20(22)8-9-28-23)30-26-29-16-18-14-17(15-27)25(35)34(24(18)31-26)19-4-2-3-5-19/h6-9,14,16,19,28H,2-5,10-13H2,1H3,(H,29,30,31). The molecule has 0 radical (unpaired) electrons. The molecule has 4 heterocycles. The number of pyridine rings is 1. The number of rotatable bonds is 4. The summed E-state index contributed by atoms with van der Waals surface area (Å²) in [4.78, 5) is 30.5. The lowest BCUT2D eigenvalue weighted by molar-refractivity contribution is 0.313. The normalized spacial score (nSPS) is 17.3. The molecule has 9 nitrogen and oxygen atoms in total. The first-order chi connectivity index (χ1) is 17.1. The summed E-state index contributed by atoms with van der Waals surface area (Å²) < 4.78 is 1.72. The van der Waals surface area contributed by atoms with Gasteiger partial charge < -0.3 is 20.1 Å². The number of benzene rings is 1. The van der Waals surface area contributed by atoms with Crippen LogP contribution in [0.1, 0.15) is 37.3 Å². The number of nitriles is 1. The maximum absolute atomic E-state index is 13.1. The first-order valence-electron chi connectivity index (χ1n) is 12.3.